The Labute approximate surface area is 262 Å². The van der Waals surface area contributed by atoms with Gasteiger partial charge in [-0.25, -0.2) is 19.9 Å². The van der Waals surface area contributed by atoms with Gasteiger partial charge in [-0.3, -0.25) is 9.80 Å². The Morgan fingerprint density at radius 2 is 0.659 bits per heavy atom. The van der Waals surface area contributed by atoms with Gasteiger partial charge in [-0.15, -0.1) is 0 Å². The molecule has 0 aliphatic carbocycles. The van der Waals surface area contributed by atoms with Crippen LogP contribution >= 0.6 is 0 Å². The van der Waals surface area contributed by atoms with E-state index in [1.54, 1.807) is 0 Å². The highest BCUT2D eigenvalue weighted by Gasteiger charge is 2.22. The topological polar surface area (TPSA) is 58.0 Å². The molecular weight excluding hydrogens is 540 g/mol. The van der Waals surface area contributed by atoms with E-state index in [2.05, 4.69) is 138 Å². The molecule has 0 atom stereocenters. The highest BCUT2D eigenvalue weighted by Crippen LogP contribution is 2.40. The summed E-state index contributed by atoms with van der Waals surface area (Å²) < 4.78 is 0. The standard InChI is InChI=1S/C38H44N6/c1-25(2)29-12-16-39-35(20-29)43(36-21-30(26(3)4)13-17-40-36)33-10-9-11-34(24-33)44(37-22-31(27(5)6)14-18-41-37)38-23-32(28(7)8)15-19-42-38/h9-28H,1-8H3. The first kappa shape index (κ1) is 30.9. The molecule has 6 nitrogen and oxygen atoms in total. The third-order valence-corrected chi connectivity index (χ3v) is 8.01. The van der Waals surface area contributed by atoms with Gasteiger partial charge in [-0.1, -0.05) is 61.5 Å². The molecule has 0 amide bonds. The van der Waals surface area contributed by atoms with Crippen molar-refractivity contribution in [1.29, 1.82) is 0 Å². The quantitative estimate of drug-likeness (QED) is 0.163. The average Bonchev–Trinajstić information content (AvgIpc) is 3.02. The second kappa shape index (κ2) is 13.4. The minimum Gasteiger partial charge on any atom is -0.279 e. The fourth-order valence-corrected chi connectivity index (χ4v) is 5.20. The van der Waals surface area contributed by atoms with Crippen molar-refractivity contribution in [3.05, 3.63) is 120 Å². The summed E-state index contributed by atoms with van der Waals surface area (Å²) in [6.07, 6.45) is 7.57. The Morgan fingerprint density at radius 3 is 0.909 bits per heavy atom. The molecule has 44 heavy (non-hydrogen) atoms. The van der Waals surface area contributed by atoms with Gasteiger partial charge in [0.05, 0.1) is 11.4 Å². The molecular formula is C38H44N6. The number of aromatic nitrogens is 4. The predicted molar refractivity (Wildman–Crippen MR) is 183 cm³/mol. The van der Waals surface area contributed by atoms with Crippen LogP contribution < -0.4 is 9.80 Å². The molecule has 226 valence electrons. The van der Waals surface area contributed by atoms with Crippen molar-refractivity contribution in [3.8, 4) is 0 Å². The number of nitrogens with zero attached hydrogens (tertiary/aromatic N) is 6. The van der Waals surface area contributed by atoms with Crippen molar-refractivity contribution in [1.82, 2.24) is 19.9 Å². The lowest BCUT2D eigenvalue weighted by atomic mass is 10.0. The molecule has 0 saturated heterocycles. The third kappa shape index (κ3) is 6.80. The van der Waals surface area contributed by atoms with Gasteiger partial charge in [0.25, 0.3) is 0 Å². The van der Waals surface area contributed by atoms with Gasteiger partial charge in [-0.05, 0) is 113 Å². The first-order valence-electron chi connectivity index (χ1n) is 15.7. The molecule has 0 aliphatic rings. The molecule has 0 saturated carbocycles. The minimum atomic E-state index is 0.369. The number of hydrogen-bond acceptors (Lipinski definition) is 6. The van der Waals surface area contributed by atoms with E-state index < -0.39 is 0 Å². The van der Waals surface area contributed by atoms with Gasteiger partial charge in [0.1, 0.15) is 23.3 Å². The summed E-state index contributed by atoms with van der Waals surface area (Å²) in [5, 5.41) is 0. The van der Waals surface area contributed by atoms with Crippen molar-refractivity contribution in [3.63, 3.8) is 0 Å². The fourth-order valence-electron chi connectivity index (χ4n) is 5.20. The molecule has 4 aromatic heterocycles. The van der Waals surface area contributed by atoms with Gasteiger partial charge in [0, 0.05) is 24.8 Å². The van der Waals surface area contributed by atoms with E-state index >= 15 is 0 Å². The molecule has 0 N–H and O–H groups in total. The van der Waals surface area contributed by atoms with Crippen LogP contribution in [-0.2, 0) is 0 Å². The SMILES string of the molecule is CC(C)c1ccnc(N(c2cccc(N(c3cc(C(C)C)ccn3)c3cc(C(C)C)ccn3)c2)c2cc(C(C)C)ccn2)c1. The molecule has 0 aliphatic heterocycles. The van der Waals surface area contributed by atoms with Crippen molar-refractivity contribution >= 4 is 34.6 Å². The minimum absolute atomic E-state index is 0.369. The molecule has 0 fully saturated rings. The summed E-state index contributed by atoms with van der Waals surface area (Å²) in [5.74, 6) is 4.79. The normalized spacial score (nSPS) is 11.5. The second-order valence-electron chi connectivity index (χ2n) is 12.6. The van der Waals surface area contributed by atoms with E-state index in [1.165, 1.54) is 22.3 Å². The lowest BCUT2D eigenvalue weighted by molar-refractivity contribution is 0.858. The maximum Gasteiger partial charge on any atom is 0.138 e. The number of anilines is 6. The van der Waals surface area contributed by atoms with Crippen LogP contribution in [0.4, 0.5) is 34.6 Å². The number of pyridine rings is 4. The van der Waals surface area contributed by atoms with Crippen molar-refractivity contribution in [2.75, 3.05) is 9.80 Å². The molecule has 6 heteroatoms. The van der Waals surface area contributed by atoms with Gasteiger partial charge in [-0.2, -0.15) is 0 Å². The van der Waals surface area contributed by atoms with E-state index in [0.717, 1.165) is 34.6 Å². The van der Waals surface area contributed by atoms with Crippen LogP contribution in [0.15, 0.2) is 97.6 Å². The van der Waals surface area contributed by atoms with Crippen molar-refractivity contribution < 1.29 is 0 Å². The maximum absolute atomic E-state index is 4.85. The van der Waals surface area contributed by atoms with Crippen LogP contribution in [0, 0.1) is 0 Å². The Kier molecular flexibility index (Phi) is 9.38. The summed E-state index contributed by atoms with van der Waals surface area (Å²) >= 11 is 0. The van der Waals surface area contributed by atoms with Crippen LogP contribution in [-0.4, -0.2) is 19.9 Å². The number of benzene rings is 1. The fraction of sp³-hybridized carbons (Fsp3) is 0.316. The van der Waals surface area contributed by atoms with Crippen molar-refractivity contribution in [2.45, 2.75) is 79.1 Å². The molecule has 5 rings (SSSR count). The van der Waals surface area contributed by atoms with Crippen LogP contribution in [0.2, 0.25) is 0 Å². The van der Waals surface area contributed by atoms with Gasteiger partial charge in [0.15, 0.2) is 0 Å². The van der Waals surface area contributed by atoms with Crippen LogP contribution in [0.25, 0.3) is 0 Å². The first-order chi connectivity index (χ1) is 21.1. The molecule has 0 radical (unpaired) electrons. The van der Waals surface area contributed by atoms with Gasteiger partial charge in [0.2, 0.25) is 0 Å². The lowest BCUT2D eigenvalue weighted by Gasteiger charge is -2.28. The summed E-state index contributed by atoms with van der Waals surface area (Å²) in [6, 6.07) is 25.5. The number of hydrogen-bond donors (Lipinski definition) is 0. The van der Waals surface area contributed by atoms with Crippen LogP contribution in [0.3, 0.4) is 0 Å². The van der Waals surface area contributed by atoms with E-state index in [9.17, 15) is 0 Å². The first-order valence-corrected chi connectivity index (χ1v) is 15.7. The zero-order chi connectivity index (χ0) is 31.4. The predicted octanol–water partition coefficient (Wildman–Crippen LogP) is 10.7. The smallest absolute Gasteiger partial charge is 0.138 e. The zero-order valence-corrected chi connectivity index (χ0v) is 27.2. The average molecular weight is 585 g/mol. The zero-order valence-electron chi connectivity index (χ0n) is 27.2. The lowest BCUT2D eigenvalue weighted by Crippen LogP contribution is -2.17. The third-order valence-electron chi connectivity index (χ3n) is 8.01. The largest absolute Gasteiger partial charge is 0.279 e. The Bertz CT molecular complexity index is 1480. The monoisotopic (exact) mass is 584 g/mol. The Morgan fingerprint density at radius 1 is 0.386 bits per heavy atom. The molecule has 0 unspecified atom stereocenters. The molecule has 5 aromatic rings. The van der Waals surface area contributed by atoms with Gasteiger partial charge >= 0.3 is 0 Å². The second-order valence-corrected chi connectivity index (χ2v) is 12.6. The van der Waals surface area contributed by atoms with Crippen LogP contribution in [0.1, 0.15) is 101 Å². The Balaban J connectivity index is 1.71. The molecule has 4 heterocycles. The summed E-state index contributed by atoms with van der Waals surface area (Å²) in [5.41, 5.74) is 6.80. The van der Waals surface area contributed by atoms with E-state index in [0.29, 0.717) is 23.7 Å². The highest BCUT2D eigenvalue weighted by atomic mass is 15.3. The molecule has 1 aromatic carbocycles. The number of rotatable bonds is 10. The summed E-state index contributed by atoms with van der Waals surface area (Å²) in [4.78, 5) is 23.7. The Hall–Kier alpha value is -4.58. The van der Waals surface area contributed by atoms with E-state index in [4.69, 9.17) is 19.9 Å². The summed E-state index contributed by atoms with van der Waals surface area (Å²) in [6.45, 7) is 17.6. The molecule has 0 bridgehead atoms. The van der Waals surface area contributed by atoms with E-state index in [1.807, 2.05) is 24.8 Å². The van der Waals surface area contributed by atoms with Gasteiger partial charge < -0.3 is 0 Å². The van der Waals surface area contributed by atoms with Crippen LogP contribution in [0.5, 0.6) is 0 Å². The van der Waals surface area contributed by atoms with E-state index in [-0.39, 0.29) is 0 Å². The highest BCUT2D eigenvalue weighted by molar-refractivity contribution is 5.80. The maximum atomic E-state index is 4.85. The van der Waals surface area contributed by atoms with Crippen molar-refractivity contribution in [2.24, 2.45) is 0 Å². The molecule has 0 spiro atoms. The summed E-state index contributed by atoms with van der Waals surface area (Å²) in [7, 11) is 0.